The third-order valence-electron chi connectivity index (χ3n) is 2.86. The lowest BCUT2D eigenvalue weighted by Gasteiger charge is -1.96. The van der Waals surface area contributed by atoms with Gasteiger partial charge in [0.25, 0.3) is 5.89 Å². The Kier molecular flexibility index (Phi) is 3.45. The van der Waals surface area contributed by atoms with Gasteiger partial charge in [0.1, 0.15) is 0 Å². The molecule has 4 heterocycles. The number of rotatable bonds is 5. The Morgan fingerprint density at radius 1 is 1.14 bits per heavy atom. The summed E-state index contributed by atoms with van der Waals surface area (Å²) in [5, 5.41) is 15.9. The minimum Gasteiger partial charge on any atom is -0.462 e. The lowest BCUT2D eigenvalue weighted by molar-refractivity contribution is 0.580. The van der Waals surface area contributed by atoms with Crippen molar-refractivity contribution in [2.45, 2.75) is 6.54 Å². The third kappa shape index (κ3) is 2.66. The molecule has 6 nitrogen and oxygen atoms in total. The molecule has 0 saturated carbocycles. The Labute approximate surface area is 133 Å². The quantitative estimate of drug-likeness (QED) is 0.593. The number of thiazole rings is 1. The molecule has 110 valence electrons. The molecule has 4 rings (SSSR count). The molecule has 0 aliphatic rings. The van der Waals surface area contributed by atoms with Gasteiger partial charge in [0.15, 0.2) is 10.8 Å². The van der Waals surface area contributed by atoms with E-state index in [2.05, 4.69) is 20.5 Å². The Morgan fingerprint density at radius 3 is 2.95 bits per heavy atom. The summed E-state index contributed by atoms with van der Waals surface area (Å²) in [7, 11) is 0. The van der Waals surface area contributed by atoms with Crippen LogP contribution in [0.2, 0.25) is 0 Å². The summed E-state index contributed by atoms with van der Waals surface area (Å²) in [6.07, 6.45) is 1.64. The number of furan rings is 1. The first-order valence-corrected chi connectivity index (χ1v) is 8.24. The van der Waals surface area contributed by atoms with Crippen LogP contribution < -0.4 is 5.32 Å². The molecule has 0 aliphatic carbocycles. The molecule has 22 heavy (non-hydrogen) atoms. The molecule has 0 spiro atoms. The molecule has 0 bridgehead atoms. The normalized spacial score (nSPS) is 10.9. The van der Waals surface area contributed by atoms with Crippen molar-refractivity contribution < 1.29 is 8.83 Å². The van der Waals surface area contributed by atoms with Crippen molar-refractivity contribution in [3.63, 3.8) is 0 Å². The minimum absolute atomic E-state index is 0.385. The van der Waals surface area contributed by atoms with E-state index in [4.69, 9.17) is 8.83 Å². The maximum atomic E-state index is 5.56. The van der Waals surface area contributed by atoms with Crippen LogP contribution in [-0.4, -0.2) is 15.2 Å². The number of hydrogen-bond donors (Lipinski definition) is 1. The van der Waals surface area contributed by atoms with Gasteiger partial charge in [-0.2, -0.15) is 0 Å². The van der Waals surface area contributed by atoms with Crippen LogP contribution in [0.1, 0.15) is 5.69 Å². The molecule has 0 saturated heterocycles. The van der Waals surface area contributed by atoms with Crippen LogP contribution in [-0.2, 0) is 6.54 Å². The highest BCUT2D eigenvalue weighted by Crippen LogP contribution is 2.26. The van der Waals surface area contributed by atoms with Gasteiger partial charge >= 0.3 is 6.01 Å². The van der Waals surface area contributed by atoms with Crippen molar-refractivity contribution in [1.82, 2.24) is 15.2 Å². The molecule has 8 heteroatoms. The van der Waals surface area contributed by atoms with Crippen molar-refractivity contribution in [2.24, 2.45) is 0 Å². The topological polar surface area (TPSA) is 77.0 Å². The van der Waals surface area contributed by atoms with Crippen molar-refractivity contribution in [3.8, 4) is 21.5 Å². The fourth-order valence-electron chi connectivity index (χ4n) is 1.86. The highest BCUT2D eigenvalue weighted by atomic mass is 32.1. The van der Waals surface area contributed by atoms with Crippen LogP contribution in [0.15, 0.2) is 50.1 Å². The van der Waals surface area contributed by atoms with Gasteiger partial charge in [-0.15, -0.1) is 27.8 Å². The molecular weight excluding hydrogens is 320 g/mol. The molecule has 0 atom stereocenters. The number of nitrogens with one attached hydrogen (secondary N) is 1. The van der Waals surface area contributed by atoms with E-state index < -0.39 is 0 Å². The molecule has 0 radical (unpaired) electrons. The molecule has 0 aromatic carbocycles. The fraction of sp³-hybridized carbons (Fsp3) is 0.0714. The third-order valence-corrected chi connectivity index (χ3v) is 4.62. The van der Waals surface area contributed by atoms with Gasteiger partial charge in [-0.1, -0.05) is 11.2 Å². The first-order chi connectivity index (χ1) is 10.9. The van der Waals surface area contributed by atoms with Gasteiger partial charge in [-0.05, 0) is 23.6 Å². The Balaban J connectivity index is 1.43. The summed E-state index contributed by atoms with van der Waals surface area (Å²) < 4.78 is 10.9. The maximum Gasteiger partial charge on any atom is 0.316 e. The van der Waals surface area contributed by atoms with E-state index in [1.165, 1.54) is 11.3 Å². The first-order valence-electron chi connectivity index (χ1n) is 6.48. The Hall–Kier alpha value is -2.45. The molecule has 0 unspecified atom stereocenters. The molecule has 4 aromatic heterocycles. The Bertz CT molecular complexity index is 777. The average molecular weight is 330 g/mol. The van der Waals surface area contributed by atoms with Crippen LogP contribution in [0.25, 0.3) is 21.5 Å². The van der Waals surface area contributed by atoms with Crippen molar-refractivity contribution in [3.05, 3.63) is 47.0 Å². The van der Waals surface area contributed by atoms with E-state index in [-0.39, 0.29) is 0 Å². The van der Waals surface area contributed by atoms with E-state index in [1.54, 1.807) is 17.6 Å². The zero-order valence-corrected chi connectivity index (χ0v) is 12.9. The predicted molar refractivity (Wildman–Crippen MR) is 84.8 cm³/mol. The van der Waals surface area contributed by atoms with Gasteiger partial charge in [0, 0.05) is 5.38 Å². The number of nitrogens with zero attached hydrogens (tertiary/aromatic N) is 3. The SMILES string of the molecule is c1coc(-c2nc(CNc3nnc(-c4cccs4)o3)cs2)c1. The van der Waals surface area contributed by atoms with Gasteiger partial charge < -0.3 is 14.2 Å². The standard InChI is InChI=1S/C14H10N4O2S2/c1-3-10(19-5-1)13-16-9(8-22-13)7-15-14-18-17-12(20-14)11-4-2-6-21-11/h1-6,8H,7H2,(H,15,18). The van der Waals surface area contributed by atoms with E-state index in [1.807, 2.05) is 35.0 Å². The van der Waals surface area contributed by atoms with Gasteiger partial charge in [-0.25, -0.2) is 4.98 Å². The van der Waals surface area contributed by atoms with Gasteiger partial charge in [0.2, 0.25) is 0 Å². The molecular formula is C14H10N4O2S2. The van der Waals surface area contributed by atoms with E-state index in [0.717, 1.165) is 21.3 Å². The van der Waals surface area contributed by atoms with E-state index >= 15 is 0 Å². The van der Waals surface area contributed by atoms with Gasteiger partial charge in [-0.3, -0.25) is 0 Å². The Morgan fingerprint density at radius 2 is 2.14 bits per heavy atom. The summed E-state index contributed by atoms with van der Waals surface area (Å²) in [5.74, 6) is 1.29. The van der Waals surface area contributed by atoms with Crippen molar-refractivity contribution >= 4 is 28.7 Å². The molecule has 0 amide bonds. The summed E-state index contributed by atoms with van der Waals surface area (Å²) in [6.45, 7) is 0.517. The first kappa shape index (κ1) is 13.2. The van der Waals surface area contributed by atoms with Crippen LogP contribution in [0, 0.1) is 0 Å². The van der Waals surface area contributed by atoms with Crippen LogP contribution in [0.4, 0.5) is 6.01 Å². The monoisotopic (exact) mass is 330 g/mol. The van der Waals surface area contributed by atoms with E-state index in [0.29, 0.717) is 18.5 Å². The van der Waals surface area contributed by atoms with Crippen LogP contribution in [0.5, 0.6) is 0 Å². The summed E-state index contributed by atoms with van der Waals surface area (Å²) >= 11 is 3.10. The number of anilines is 1. The highest BCUT2D eigenvalue weighted by Gasteiger charge is 2.10. The maximum absolute atomic E-state index is 5.56. The average Bonchev–Trinajstić information content (AvgIpc) is 3.33. The summed E-state index contributed by atoms with van der Waals surface area (Å²) in [4.78, 5) is 5.45. The number of aromatic nitrogens is 3. The second kappa shape index (κ2) is 5.74. The summed E-state index contributed by atoms with van der Waals surface area (Å²) in [5.41, 5.74) is 0.896. The molecule has 1 N–H and O–H groups in total. The number of hydrogen-bond acceptors (Lipinski definition) is 8. The van der Waals surface area contributed by atoms with Gasteiger partial charge in [0.05, 0.1) is 23.4 Å². The molecule has 0 fully saturated rings. The largest absolute Gasteiger partial charge is 0.462 e. The smallest absolute Gasteiger partial charge is 0.316 e. The second-order valence-corrected chi connectivity index (χ2v) is 6.17. The van der Waals surface area contributed by atoms with Crippen molar-refractivity contribution in [2.75, 3.05) is 5.32 Å². The van der Waals surface area contributed by atoms with Crippen LogP contribution >= 0.6 is 22.7 Å². The predicted octanol–water partition coefficient (Wildman–Crippen LogP) is 4.13. The number of thiophene rings is 1. The lowest BCUT2D eigenvalue weighted by Crippen LogP contribution is -1.99. The highest BCUT2D eigenvalue weighted by molar-refractivity contribution is 7.13. The van der Waals surface area contributed by atoms with Crippen LogP contribution in [0.3, 0.4) is 0 Å². The van der Waals surface area contributed by atoms with Crippen molar-refractivity contribution in [1.29, 1.82) is 0 Å². The zero-order chi connectivity index (χ0) is 14.8. The zero-order valence-electron chi connectivity index (χ0n) is 11.2. The minimum atomic E-state index is 0.385. The fourth-order valence-corrected chi connectivity index (χ4v) is 3.29. The summed E-state index contributed by atoms with van der Waals surface area (Å²) in [6, 6.07) is 8.01. The van der Waals surface area contributed by atoms with E-state index in [9.17, 15) is 0 Å². The lowest BCUT2D eigenvalue weighted by atomic mass is 10.4. The second-order valence-electron chi connectivity index (χ2n) is 4.36. The molecule has 4 aromatic rings. The molecule has 0 aliphatic heterocycles.